The standard InChI is InChI=1S/C32H41N9O/c42-29-4-2-1-3-26(29)27-15-28-30(38-37-27)34-20-25-21-40(13-14-41(25)28)31-35-18-23(19-36-31)22-5-11-39(12-6-22)24-16-32(17-24)7-9-33-10-8-32/h1-4,15,18-19,22,24-25,33,42H,5-14,16-17,20-21H2,(H,34,38)/t25-/m0/s1. The van der Waals surface area contributed by atoms with E-state index in [1.807, 2.05) is 24.3 Å². The molecule has 1 aliphatic carbocycles. The lowest BCUT2D eigenvalue weighted by Crippen LogP contribution is -2.58. The minimum atomic E-state index is 0.215. The lowest BCUT2D eigenvalue weighted by Gasteiger charge is -2.55. The summed E-state index contributed by atoms with van der Waals surface area (Å²) in [4.78, 5) is 17.2. The van der Waals surface area contributed by atoms with E-state index in [1.165, 1.54) is 70.3 Å². The number of hydrogen-bond acceptors (Lipinski definition) is 10. The Morgan fingerprint density at radius 1 is 0.905 bits per heavy atom. The smallest absolute Gasteiger partial charge is 0.225 e. The Morgan fingerprint density at radius 2 is 1.69 bits per heavy atom. The molecule has 1 saturated carbocycles. The number of anilines is 3. The van der Waals surface area contributed by atoms with Gasteiger partial charge < -0.3 is 30.4 Å². The van der Waals surface area contributed by atoms with Gasteiger partial charge in [-0.05, 0) is 99.8 Å². The third kappa shape index (κ3) is 4.74. The maximum Gasteiger partial charge on any atom is 0.225 e. The van der Waals surface area contributed by atoms with Crippen LogP contribution < -0.4 is 20.4 Å². The van der Waals surface area contributed by atoms with Gasteiger partial charge in [0.25, 0.3) is 0 Å². The summed E-state index contributed by atoms with van der Waals surface area (Å²) in [5.74, 6) is 2.41. The maximum atomic E-state index is 10.3. The van der Waals surface area contributed by atoms with Gasteiger partial charge in [-0.25, -0.2) is 9.97 Å². The molecule has 0 unspecified atom stereocenters. The molecule has 6 heterocycles. The summed E-state index contributed by atoms with van der Waals surface area (Å²) in [6, 6.07) is 10.4. The third-order valence-corrected chi connectivity index (χ3v) is 10.7. The molecule has 220 valence electrons. The quantitative estimate of drug-likeness (QED) is 0.434. The molecule has 0 amide bonds. The molecule has 3 N–H and O–H groups in total. The molecule has 0 radical (unpaired) electrons. The highest BCUT2D eigenvalue weighted by molar-refractivity contribution is 5.76. The second-order valence-corrected chi connectivity index (χ2v) is 13.1. The molecular formula is C32H41N9O. The number of fused-ring (bicyclic) bond motifs is 3. The number of aromatic hydroxyl groups is 1. The second-order valence-electron chi connectivity index (χ2n) is 13.1. The van der Waals surface area contributed by atoms with Crippen molar-refractivity contribution in [2.45, 2.75) is 56.5 Å². The predicted octanol–water partition coefficient (Wildman–Crippen LogP) is 3.47. The number of para-hydroxylation sites is 1. The van der Waals surface area contributed by atoms with Crippen molar-refractivity contribution >= 4 is 17.5 Å². The number of rotatable bonds is 4. The number of piperazine rings is 1. The first-order chi connectivity index (χ1) is 20.6. The van der Waals surface area contributed by atoms with Crippen LogP contribution in [-0.2, 0) is 0 Å². The number of likely N-dealkylation sites (tertiary alicyclic amines) is 1. The summed E-state index contributed by atoms with van der Waals surface area (Å²) in [5.41, 5.74) is 4.36. The fourth-order valence-electron chi connectivity index (χ4n) is 8.16. The summed E-state index contributed by atoms with van der Waals surface area (Å²) >= 11 is 0. The normalized spacial score (nSPS) is 24.5. The molecule has 3 saturated heterocycles. The number of phenolic OH excluding ortho intramolecular Hbond substituents is 1. The number of nitrogens with zero attached hydrogens (tertiary/aromatic N) is 7. The van der Waals surface area contributed by atoms with E-state index in [1.54, 1.807) is 6.07 Å². The zero-order chi connectivity index (χ0) is 28.1. The zero-order valence-corrected chi connectivity index (χ0v) is 24.3. The van der Waals surface area contributed by atoms with E-state index in [-0.39, 0.29) is 11.8 Å². The summed E-state index contributed by atoms with van der Waals surface area (Å²) in [6.45, 7) is 8.18. The van der Waals surface area contributed by atoms with E-state index >= 15 is 0 Å². The Balaban J connectivity index is 0.881. The van der Waals surface area contributed by atoms with Gasteiger partial charge in [-0.3, -0.25) is 0 Å². The molecule has 1 aromatic carbocycles. The van der Waals surface area contributed by atoms with Gasteiger partial charge in [0.15, 0.2) is 5.82 Å². The van der Waals surface area contributed by atoms with Crippen LogP contribution in [0.1, 0.15) is 50.0 Å². The van der Waals surface area contributed by atoms with E-state index in [4.69, 9.17) is 9.97 Å². The molecule has 0 bridgehead atoms. The number of piperidine rings is 2. The largest absolute Gasteiger partial charge is 0.507 e. The molecule has 4 aliphatic heterocycles. The highest BCUT2D eigenvalue weighted by Crippen LogP contribution is 2.50. The Morgan fingerprint density at radius 3 is 2.48 bits per heavy atom. The monoisotopic (exact) mass is 567 g/mol. The topological polar surface area (TPSA) is 106 Å². The number of phenols is 1. The van der Waals surface area contributed by atoms with Crippen molar-refractivity contribution in [2.24, 2.45) is 5.41 Å². The summed E-state index contributed by atoms with van der Waals surface area (Å²) in [5, 5.41) is 26.1. The minimum Gasteiger partial charge on any atom is -0.507 e. The number of hydrogen-bond donors (Lipinski definition) is 3. The van der Waals surface area contributed by atoms with E-state index in [0.717, 1.165) is 49.7 Å². The SMILES string of the molecule is Oc1ccccc1-c1cc2c(nn1)NC[C@H]1CN(c3ncc(C4CCN(C5CC6(CCNCC6)C5)CC4)cn3)CCN21. The Kier molecular flexibility index (Phi) is 6.63. The van der Waals surface area contributed by atoms with Crippen molar-refractivity contribution in [1.82, 2.24) is 30.4 Å². The zero-order valence-electron chi connectivity index (χ0n) is 24.3. The van der Waals surface area contributed by atoms with Crippen LogP contribution in [0.4, 0.5) is 17.5 Å². The molecule has 4 fully saturated rings. The highest BCUT2D eigenvalue weighted by Gasteiger charge is 2.47. The number of benzene rings is 1. The lowest BCUT2D eigenvalue weighted by atomic mass is 9.60. The van der Waals surface area contributed by atoms with E-state index in [9.17, 15) is 5.11 Å². The van der Waals surface area contributed by atoms with Gasteiger partial charge in [-0.1, -0.05) is 12.1 Å². The summed E-state index contributed by atoms with van der Waals surface area (Å²) in [7, 11) is 0. The molecule has 2 aromatic heterocycles. The molecule has 10 heteroatoms. The molecule has 1 spiro atoms. The van der Waals surface area contributed by atoms with Gasteiger partial charge in [-0.15, -0.1) is 10.2 Å². The van der Waals surface area contributed by atoms with E-state index in [0.29, 0.717) is 22.6 Å². The third-order valence-electron chi connectivity index (χ3n) is 10.7. The average molecular weight is 568 g/mol. The van der Waals surface area contributed by atoms with Gasteiger partial charge in [0, 0.05) is 50.2 Å². The lowest BCUT2D eigenvalue weighted by molar-refractivity contribution is -0.0292. The van der Waals surface area contributed by atoms with Crippen LogP contribution in [0.25, 0.3) is 11.3 Å². The maximum absolute atomic E-state index is 10.3. The van der Waals surface area contributed by atoms with Gasteiger partial charge in [0.1, 0.15) is 5.75 Å². The molecule has 3 aromatic rings. The van der Waals surface area contributed by atoms with Crippen LogP contribution >= 0.6 is 0 Å². The summed E-state index contributed by atoms with van der Waals surface area (Å²) < 4.78 is 0. The first-order valence-corrected chi connectivity index (χ1v) is 15.8. The molecular weight excluding hydrogens is 526 g/mol. The molecule has 8 rings (SSSR count). The Bertz CT molecular complexity index is 1410. The second kappa shape index (κ2) is 10.6. The van der Waals surface area contributed by atoms with Crippen molar-refractivity contribution in [3.63, 3.8) is 0 Å². The van der Waals surface area contributed by atoms with Crippen LogP contribution in [0, 0.1) is 5.41 Å². The molecule has 42 heavy (non-hydrogen) atoms. The average Bonchev–Trinajstić information content (AvgIpc) is 3.04. The van der Waals surface area contributed by atoms with Crippen LogP contribution in [0.3, 0.4) is 0 Å². The van der Waals surface area contributed by atoms with Crippen molar-refractivity contribution < 1.29 is 5.11 Å². The fraction of sp³-hybridized carbons (Fsp3) is 0.562. The Hall–Kier alpha value is -3.50. The molecule has 10 nitrogen and oxygen atoms in total. The Labute approximate surface area is 247 Å². The highest BCUT2D eigenvalue weighted by atomic mass is 16.3. The number of nitrogens with one attached hydrogen (secondary N) is 2. The predicted molar refractivity (Wildman–Crippen MR) is 164 cm³/mol. The first-order valence-electron chi connectivity index (χ1n) is 15.8. The van der Waals surface area contributed by atoms with Crippen LogP contribution in [0.15, 0.2) is 42.7 Å². The van der Waals surface area contributed by atoms with Crippen LogP contribution in [0.5, 0.6) is 5.75 Å². The fourth-order valence-corrected chi connectivity index (χ4v) is 8.16. The summed E-state index contributed by atoms with van der Waals surface area (Å²) in [6.07, 6.45) is 12.2. The van der Waals surface area contributed by atoms with Crippen molar-refractivity contribution in [3.8, 4) is 17.0 Å². The van der Waals surface area contributed by atoms with Gasteiger partial charge in [0.2, 0.25) is 5.95 Å². The van der Waals surface area contributed by atoms with Gasteiger partial charge in [-0.2, -0.15) is 0 Å². The number of aromatic nitrogens is 4. The minimum absolute atomic E-state index is 0.215. The molecule has 1 atom stereocenters. The van der Waals surface area contributed by atoms with Crippen LogP contribution in [-0.4, -0.2) is 94.6 Å². The van der Waals surface area contributed by atoms with Gasteiger partial charge >= 0.3 is 0 Å². The van der Waals surface area contributed by atoms with Gasteiger partial charge in [0.05, 0.1) is 17.4 Å². The van der Waals surface area contributed by atoms with Crippen molar-refractivity contribution in [3.05, 3.63) is 48.3 Å². The first kappa shape index (κ1) is 26.2. The van der Waals surface area contributed by atoms with Crippen LogP contribution in [0.2, 0.25) is 0 Å². The van der Waals surface area contributed by atoms with Crippen molar-refractivity contribution in [2.75, 3.05) is 67.5 Å². The van der Waals surface area contributed by atoms with E-state index < -0.39 is 0 Å². The molecule has 5 aliphatic rings. The van der Waals surface area contributed by atoms with Crippen molar-refractivity contribution in [1.29, 1.82) is 0 Å². The van der Waals surface area contributed by atoms with E-state index in [2.05, 4.69) is 47.9 Å².